The zero-order chi connectivity index (χ0) is 25.1. The summed E-state index contributed by atoms with van der Waals surface area (Å²) < 4.78 is 16.1. The second kappa shape index (κ2) is 10.2. The second-order valence-corrected chi connectivity index (χ2v) is 9.37. The molecule has 2 heterocycles. The van der Waals surface area contributed by atoms with E-state index in [1.807, 2.05) is 36.7 Å². The van der Waals surface area contributed by atoms with Crippen LogP contribution in [0.4, 0.5) is 4.48 Å². The van der Waals surface area contributed by atoms with Crippen LogP contribution >= 0.6 is 0 Å². The number of halogens is 1. The van der Waals surface area contributed by atoms with Crippen molar-refractivity contribution in [1.29, 1.82) is 0 Å². The van der Waals surface area contributed by atoms with Crippen molar-refractivity contribution >= 4 is 16.6 Å². The van der Waals surface area contributed by atoms with Crippen LogP contribution in [0.3, 0.4) is 0 Å². The van der Waals surface area contributed by atoms with E-state index in [1.54, 1.807) is 12.1 Å². The minimum absolute atomic E-state index is 0.0913. The van der Waals surface area contributed by atoms with Crippen molar-refractivity contribution in [1.82, 2.24) is 9.55 Å². The van der Waals surface area contributed by atoms with Crippen LogP contribution < -0.4 is 4.79 Å². The Morgan fingerprint density at radius 1 is 0.944 bits per heavy atom. The fourth-order valence-electron chi connectivity index (χ4n) is 4.81. The van der Waals surface area contributed by atoms with Gasteiger partial charge in [0, 0.05) is 47.0 Å². The van der Waals surface area contributed by atoms with Crippen molar-refractivity contribution in [2.45, 2.75) is 32.6 Å². The Kier molecular flexibility index (Phi) is 6.72. The number of imidazole rings is 1. The van der Waals surface area contributed by atoms with Crippen molar-refractivity contribution in [3.63, 3.8) is 0 Å². The Hall–Kier alpha value is -4.12. The van der Waals surface area contributed by atoms with Crippen molar-refractivity contribution < 1.29 is 14.1 Å². The number of para-hydroxylation sites is 1. The quantitative estimate of drug-likeness (QED) is 0.223. The molecule has 5 rings (SSSR count). The van der Waals surface area contributed by atoms with E-state index in [4.69, 9.17) is 4.98 Å². The van der Waals surface area contributed by atoms with Gasteiger partial charge in [-0.05, 0) is 58.9 Å². The summed E-state index contributed by atoms with van der Waals surface area (Å²) >= 11 is 0. The molecule has 0 aliphatic rings. The Labute approximate surface area is 210 Å². The van der Waals surface area contributed by atoms with Gasteiger partial charge in [-0.3, -0.25) is 9.36 Å². The van der Waals surface area contributed by atoms with Crippen LogP contribution in [0.15, 0.2) is 104 Å². The Balaban J connectivity index is 1.49. The summed E-state index contributed by atoms with van der Waals surface area (Å²) in [7, 11) is 0. The third-order valence-electron chi connectivity index (χ3n) is 7.10. The number of nitrogens with zero attached hydrogens (tertiary/aromatic N) is 3. The van der Waals surface area contributed by atoms with E-state index >= 15 is 0 Å². The summed E-state index contributed by atoms with van der Waals surface area (Å²) in [5.41, 5.74) is 3.42. The monoisotopic (exact) mass is 478 g/mol. The molecule has 180 valence electrons. The second-order valence-electron chi connectivity index (χ2n) is 9.37. The predicted molar refractivity (Wildman–Crippen MR) is 141 cm³/mol. The van der Waals surface area contributed by atoms with Gasteiger partial charge in [0.15, 0.2) is 0 Å². The van der Waals surface area contributed by atoms with Gasteiger partial charge in [0.2, 0.25) is 12.0 Å². The Bertz CT molecular complexity index is 1510. The van der Waals surface area contributed by atoms with Gasteiger partial charge < -0.3 is 0 Å². The Morgan fingerprint density at radius 2 is 1.64 bits per heavy atom. The molecule has 1 unspecified atom stereocenters. The largest absolute Gasteiger partial charge is 0.300 e. The van der Waals surface area contributed by atoms with Crippen LogP contribution in [0.2, 0.25) is 0 Å². The summed E-state index contributed by atoms with van der Waals surface area (Å²) in [6.07, 6.45) is 6.04. The molecule has 0 bridgehead atoms. The van der Waals surface area contributed by atoms with E-state index in [-0.39, 0.29) is 23.3 Å². The van der Waals surface area contributed by atoms with E-state index in [0.717, 1.165) is 22.5 Å². The molecule has 0 radical (unpaired) electrons. The summed E-state index contributed by atoms with van der Waals surface area (Å²) in [5.74, 6) is 1.06. The van der Waals surface area contributed by atoms with Gasteiger partial charge in [-0.15, -0.1) is 0 Å². The third kappa shape index (κ3) is 4.69. The van der Waals surface area contributed by atoms with Crippen LogP contribution in [-0.2, 0) is 0 Å². The van der Waals surface area contributed by atoms with Crippen molar-refractivity contribution in [2.24, 2.45) is 5.92 Å². The molecule has 0 saturated carbocycles. The molecule has 0 aliphatic carbocycles. The van der Waals surface area contributed by atoms with Crippen molar-refractivity contribution in [3.05, 3.63) is 115 Å². The third-order valence-corrected chi connectivity index (χ3v) is 7.10. The number of aromatic nitrogens is 3. The summed E-state index contributed by atoms with van der Waals surface area (Å²) in [6, 6.07) is 27.8. The van der Waals surface area contributed by atoms with Gasteiger partial charge in [-0.1, -0.05) is 62.4 Å². The van der Waals surface area contributed by atoms with Crippen LogP contribution in [-0.4, -0.2) is 15.3 Å². The molecule has 2 atom stereocenters. The van der Waals surface area contributed by atoms with Gasteiger partial charge in [-0.2, -0.15) is 0 Å². The summed E-state index contributed by atoms with van der Waals surface area (Å²) in [4.78, 5) is 17.8. The van der Waals surface area contributed by atoms with Gasteiger partial charge in [0.1, 0.15) is 5.82 Å². The molecule has 0 N–H and O–H groups in total. The number of hydrogen-bond donors (Lipinski definition) is 0. The molecule has 0 aliphatic heterocycles. The fraction of sp³-hybridized carbons (Fsp3) is 0.194. The standard InChI is InChI=1S/C31H29FN3O/c1-22(15-16-30(36)29-14-8-9-18-35(29)32)23(2)27-20-24-10-6-7-11-25(24)21-28(27)31-33-17-19-34(31)26-12-4-3-5-13-26/h3-14,17-23H,15-16H2,1-2H3/q+1/t22-,23?/m0/s1. The number of Topliss-reactive ketones (excluding diaryl/α,β-unsaturated/α-hetero) is 1. The smallest absolute Gasteiger partial charge is 0.296 e. The van der Waals surface area contributed by atoms with Gasteiger partial charge in [-0.25, -0.2) is 4.98 Å². The first-order valence-corrected chi connectivity index (χ1v) is 12.3. The van der Waals surface area contributed by atoms with E-state index in [2.05, 4.69) is 60.9 Å². The fourth-order valence-corrected chi connectivity index (χ4v) is 4.81. The lowest BCUT2D eigenvalue weighted by atomic mass is 9.82. The molecule has 0 saturated heterocycles. The van der Waals surface area contributed by atoms with Gasteiger partial charge >= 0.3 is 0 Å². The molecule has 5 aromatic rings. The van der Waals surface area contributed by atoms with Crippen LogP contribution in [0.25, 0.3) is 27.8 Å². The lowest BCUT2D eigenvalue weighted by molar-refractivity contribution is -0.845. The number of rotatable bonds is 8. The first-order valence-electron chi connectivity index (χ1n) is 12.3. The van der Waals surface area contributed by atoms with Crippen molar-refractivity contribution in [3.8, 4) is 17.1 Å². The number of fused-ring (bicyclic) bond motifs is 1. The number of hydrogen-bond acceptors (Lipinski definition) is 2. The number of benzene rings is 3. The number of carbonyl (C=O) groups is 1. The van der Waals surface area contributed by atoms with E-state index < -0.39 is 0 Å². The molecule has 0 amide bonds. The van der Waals surface area contributed by atoms with E-state index in [0.29, 0.717) is 17.6 Å². The maximum Gasteiger partial charge on any atom is 0.296 e. The average Bonchev–Trinajstić information content (AvgIpc) is 3.41. The molecule has 5 heteroatoms. The summed E-state index contributed by atoms with van der Waals surface area (Å²) in [5, 5.41) is 2.33. The highest BCUT2D eigenvalue weighted by Gasteiger charge is 2.25. The molecule has 2 aromatic heterocycles. The molecule has 36 heavy (non-hydrogen) atoms. The van der Waals surface area contributed by atoms with E-state index in [9.17, 15) is 9.28 Å². The van der Waals surface area contributed by atoms with Crippen LogP contribution in [0, 0.1) is 5.92 Å². The maximum atomic E-state index is 14.0. The van der Waals surface area contributed by atoms with Gasteiger partial charge in [0.25, 0.3) is 5.69 Å². The number of carbonyl (C=O) groups excluding carboxylic acids is 1. The molecule has 3 aromatic carbocycles. The highest BCUT2D eigenvalue weighted by atomic mass is 19.2. The maximum absolute atomic E-state index is 14.0. The lowest BCUT2D eigenvalue weighted by Gasteiger charge is -2.24. The topological polar surface area (TPSA) is 38.8 Å². The van der Waals surface area contributed by atoms with Crippen LogP contribution in [0.1, 0.15) is 48.7 Å². The lowest BCUT2D eigenvalue weighted by Crippen LogP contribution is -2.31. The first kappa shape index (κ1) is 23.6. The zero-order valence-corrected chi connectivity index (χ0v) is 20.5. The summed E-state index contributed by atoms with van der Waals surface area (Å²) in [6.45, 7) is 4.37. The molecule has 4 nitrogen and oxygen atoms in total. The predicted octanol–water partition coefficient (Wildman–Crippen LogP) is 7.12. The van der Waals surface area contributed by atoms with E-state index in [1.165, 1.54) is 23.2 Å². The number of ketones is 1. The highest BCUT2D eigenvalue weighted by molar-refractivity contribution is 5.92. The van der Waals surface area contributed by atoms with Crippen LogP contribution in [0.5, 0.6) is 0 Å². The minimum Gasteiger partial charge on any atom is -0.300 e. The first-order chi connectivity index (χ1) is 17.5. The minimum atomic E-state index is -0.185. The Morgan fingerprint density at radius 3 is 2.39 bits per heavy atom. The normalized spacial score (nSPS) is 13.0. The SMILES string of the molecule is CC(c1cc2ccccc2cc1-c1nccn1-c1ccccc1)[C@@H](C)CCC(=O)c1cccc[n+]1F. The zero-order valence-electron chi connectivity index (χ0n) is 20.5. The molecular formula is C31H29FN3O+. The molecule has 0 fully saturated rings. The number of pyridine rings is 1. The van der Waals surface area contributed by atoms with Crippen molar-refractivity contribution in [2.75, 3.05) is 0 Å². The molecular weight excluding hydrogens is 449 g/mol. The van der Waals surface area contributed by atoms with Gasteiger partial charge in [0.05, 0.1) is 4.48 Å². The molecule has 0 spiro atoms. The highest BCUT2D eigenvalue weighted by Crippen LogP contribution is 2.38. The average molecular weight is 479 g/mol.